The Balaban J connectivity index is 1.96. The number of halogens is 3. The number of amides is 1. The highest BCUT2D eigenvalue weighted by molar-refractivity contribution is 6.67. The van der Waals surface area contributed by atoms with Gasteiger partial charge in [-0.25, -0.2) is 4.79 Å². The van der Waals surface area contributed by atoms with Gasteiger partial charge in [-0.1, -0.05) is 34.8 Å². The molecule has 0 N–H and O–H groups in total. The maximum atomic E-state index is 12.0. The third-order valence-electron chi connectivity index (χ3n) is 3.67. The van der Waals surface area contributed by atoms with Crippen LogP contribution in [0.1, 0.15) is 0 Å². The first kappa shape index (κ1) is 23.4. The van der Waals surface area contributed by atoms with Crippen LogP contribution < -0.4 is 4.84 Å². The Morgan fingerprint density at radius 1 is 1.10 bits per heavy atom. The molecule has 0 saturated carbocycles. The third kappa shape index (κ3) is 6.60. The Hall–Kier alpha value is -2.84. The van der Waals surface area contributed by atoms with E-state index in [0.29, 0.717) is 6.07 Å². The van der Waals surface area contributed by atoms with E-state index >= 15 is 0 Å². The molecule has 1 fully saturated rings. The summed E-state index contributed by atoms with van der Waals surface area (Å²) >= 11 is 16.5. The second-order valence-electron chi connectivity index (χ2n) is 5.70. The fourth-order valence-electron chi connectivity index (χ4n) is 2.25. The molecular weight excluding hydrogens is 475 g/mol. The number of nitrogens with zero attached hydrogens (tertiary/aromatic N) is 6. The summed E-state index contributed by atoms with van der Waals surface area (Å²) in [4.78, 5) is 38.0. The highest BCUT2D eigenvalue weighted by Gasteiger charge is 2.29. The van der Waals surface area contributed by atoms with Crippen LogP contribution in [0.2, 0.25) is 0 Å². The van der Waals surface area contributed by atoms with Crippen molar-refractivity contribution < 1.29 is 29.2 Å². The summed E-state index contributed by atoms with van der Waals surface area (Å²) in [6, 6.07) is 2.60. The maximum Gasteiger partial charge on any atom is 0.410 e. The van der Waals surface area contributed by atoms with E-state index in [1.165, 1.54) is 4.90 Å². The predicted octanol–water partition coefficient (Wildman–Crippen LogP) is 2.80. The number of carbonyl (C=O) groups excluding carboxylic acids is 1. The van der Waals surface area contributed by atoms with Crippen molar-refractivity contribution >= 4 is 52.3 Å². The van der Waals surface area contributed by atoms with E-state index in [2.05, 4.69) is 5.28 Å². The lowest BCUT2D eigenvalue weighted by molar-refractivity contribution is -0.708. The lowest BCUT2D eigenvalue weighted by Crippen LogP contribution is -2.51. The number of hydrazine groups is 1. The Bertz CT molecular complexity index is 856. The van der Waals surface area contributed by atoms with Crippen LogP contribution in [0.15, 0.2) is 23.5 Å². The summed E-state index contributed by atoms with van der Waals surface area (Å²) in [6.45, 7) is -0.181. The Morgan fingerprint density at radius 2 is 1.73 bits per heavy atom. The lowest BCUT2D eigenvalue weighted by Gasteiger charge is -2.30. The predicted molar refractivity (Wildman–Crippen MR) is 101 cm³/mol. The van der Waals surface area contributed by atoms with Crippen LogP contribution >= 0.6 is 34.8 Å². The molecule has 2 rings (SSSR count). The molecule has 30 heavy (non-hydrogen) atoms. The van der Waals surface area contributed by atoms with Crippen molar-refractivity contribution in [3.63, 3.8) is 0 Å². The Morgan fingerprint density at radius 3 is 2.27 bits per heavy atom. The van der Waals surface area contributed by atoms with Crippen LogP contribution in [0.25, 0.3) is 0 Å². The molecule has 1 aromatic rings. The zero-order valence-corrected chi connectivity index (χ0v) is 17.1. The van der Waals surface area contributed by atoms with Gasteiger partial charge in [0.1, 0.15) is 6.61 Å². The minimum absolute atomic E-state index is 0.0432. The average molecular weight is 488 g/mol. The minimum Gasteiger partial charge on any atom is -0.569 e. The Labute approximate surface area is 182 Å². The van der Waals surface area contributed by atoms with Gasteiger partial charge in [-0.3, -0.25) is 25.1 Å². The van der Waals surface area contributed by atoms with Crippen molar-refractivity contribution in [2.24, 2.45) is 5.28 Å². The van der Waals surface area contributed by atoms with Crippen molar-refractivity contribution in [2.45, 2.75) is 3.79 Å². The average Bonchev–Trinajstić information content (AvgIpc) is 2.69. The molecule has 14 nitrogen and oxygen atoms in total. The van der Waals surface area contributed by atoms with E-state index in [4.69, 9.17) is 44.4 Å². The number of piperazine rings is 1. The number of rotatable bonds is 6. The molecule has 0 radical (unpaired) electrons. The monoisotopic (exact) mass is 486 g/mol. The first-order valence-electron chi connectivity index (χ1n) is 7.99. The van der Waals surface area contributed by atoms with Crippen LogP contribution in [-0.4, -0.2) is 67.4 Å². The van der Waals surface area contributed by atoms with Crippen molar-refractivity contribution in [1.29, 1.82) is 0 Å². The molecule has 1 amide bonds. The molecule has 0 bridgehead atoms. The number of nitro benzene ring substituents is 2. The van der Waals surface area contributed by atoms with Gasteiger partial charge in [-0.2, -0.15) is 0 Å². The highest BCUT2D eigenvalue weighted by atomic mass is 35.6. The van der Waals surface area contributed by atoms with Gasteiger partial charge in [-0.15, -0.1) is 5.01 Å². The van der Waals surface area contributed by atoms with Gasteiger partial charge in [0.05, 0.1) is 34.0 Å². The molecule has 0 atom stereocenters. The summed E-state index contributed by atoms with van der Waals surface area (Å²) in [5.74, 6) is -0.458. The van der Waals surface area contributed by atoms with E-state index < -0.39 is 43.5 Å². The molecule has 0 aromatic heterocycles. The van der Waals surface area contributed by atoms with E-state index in [0.717, 1.165) is 17.1 Å². The molecule has 1 aliphatic heterocycles. The Kier molecular flexibility index (Phi) is 7.64. The molecule has 0 spiro atoms. The zero-order valence-electron chi connectivity index (χ0n) is 14.9. The fourth-order valence-corrected chi connectivity index (χ4v) is 2.42. The molecule has 1 heterocycles. The molecule has 164 valence electrons. The number of alkyl halides is 3. The van der Waals surface area contributed by atoms with Gasteiger partial charge in [0.25, 0.3) is 5.69 Å². The van der Waals surface area contributed by atoms with Gasteiger partial charge in [0.2, 0.25) is 14.8 Å². The topological polar surface area (TPSA) is 167 Å². The van der Waals surface area contributed by atoms with Gasteiger partial charge in [-0.05, 0) is 6.07 Å². The highest BCUT2D eigenvalue weighted by Crippen LogP contribution is 2.31. The van der Waals surface area contributed by atoms with Crippen molar-refractivity contribution in [1.82, 2.24) is 9.91 Å². The summed E-state index contributed by atoms with van der Waals surface area (Å²) in [7, 11) is 0. The number of carbonyl (C=O) groups is 1. The maximum absolute atomic E-state index is 12.0. The van der Waals surface area contributed by atoms with Gasteiger partial charge in [0, 0.05) is 19.2 Å². The number of ether oxygens (including phenoxy) is 1. The van der Waals surface area contributed by atoms with E-state index in [-0.39, 0.29) is 31.1 Å². The summed E-state index contributed by atoms with van der Waals surface area (Å²) in [6.07, 6.45) is -0.729. The SMILES string of the molecule is O=C(OCC(Cl)(Cl)Cl)N1CCN(/[N+]([O-])=N/Oc2ccc([N+](=O)[O-])cc2[N+](=O)[O-])CC1. The molecule has 0 unspecified atom stereocenters. The largest absolute Gasteiger partial charge is 0.569 e. The fraction of sp³-hybridized carbons (Fsp3) is 0.462. The molecule has 17 heteroatoms. The summed E-state index contributed by atoms with van der Waals surface area (Å²) < 4.78 is 3.08. The number of hydrogen-bond acceptors (Lipinski definition) is 9. The van der Waals surface area contributed by atoms with Crippen LogP contribution in [0, 0.1) is 25.4 Å². The second kappa shape index (κ2) is 9.77. The number of benzene rings is 1. The molecule has 1 saturated heterocycles. The van der Waals surface area contributed by atoms with E-state index in [1.807, 2.05) is 0 Å². The third-order valence-corrected chi connectivity index (χ3v) is 4.00. The van der Waals surface area contributed by atoms with Gasteiger partial charge in [0.15, 0.2) is 0 Å². The summed E-state index contributed by atoms with van der Waals surface area (Å²) in [5, 5.41) is 38.2. The van der Waals surface area contributed by atoms with E-state index in [9.17, 15) is 30.2 Å². The molecule has 1 aromatic carbocycles. The van der Waals surface area contributed by atoms with Crippen LogP contribution in [0.5, 0.6) is 5.75 Å². The smallest absolute Gasteiger partial charge is 0.410 e. The first-order valence-corrected chi connectivity index (χ1v) is 9.12. The molecule has 0 aliphatic carbocycles. The van der Waals surface area contributed by atoms with Crippen molar-refractivity contribution in [2.75, 3.05) is 32.8 Å². The van der Waals surface area contributed by atoms with Gasteiger partial charge < -0.3 is 14.8 Å². The van der Waals surface area contributed by atoms with Gasteiger partial charge >= 0.3 is 11.8 Å². The summed E-state index contributed by atoms with van der Waals surface area (Å²) in [5.41, 5.74) is -1.26. The second-order valence-corrected chi connectivity index (χ2v) is 8.22. The normalized spacial score (nSPS) is 15.0. The first-order chi connectivity index (χ1) is 14.0. The minimum atomic E-state index is -1.75. The number of hydrogen-bond donors (Lipinski definition) is 0. The van der Waals surface area contributed by atoms with Crippen molar-refractivity contribution in [3.05, 3.63) is 43.6 Å². The van der Waals surface area contributed by atoms with Crippen molar-refractivity contribution in [3.8, 4) is 5.75 Å². The van der Waals surface area contributed by atoms with Crippen LogP contribution in [0.4, 0.5) is 16.2 Å². The molecule has 1 aliphatic rings. The number of non-ortho nitro benzene ring substituents is 1. The molecular formula is C13H13Cl3N6O8. The van der Waals surface area contributed by atoms with Crippen LogP contribution in [-0.2, 0) is 4.74 Å². The standard InChI is InChI=1S/C13H13Cl3N6O8/c14-13(15,16)8-29-12(23)18-3-5-19(6-4-18)22(28)17-30-11-2-1-9(20(24)25)7-10(11)21(26)27/h1-2,7H,3-6,8H2/b22-17-. The quantitative estimate of drug-likeness (QED) is 0.193. The lowest BCUT2D eigenvalue weighted by atomic mass is 10.2. The zero-order chi connectivity index (χ0) is 22.5. The van der Waals surface area contributed by atoms with E-state index in [1.54, 1.807) is 0 Å². The van der Waals surface area contributed by atoms with Crippen LogP contribution in [0.3, 0.4) is 0 Å². The number of nitro groups is 2.